The van der Waals surface area contributed by atoms with E-state index in [-0.39, 0.29) is 11.9 Å². The molecule has 1 aromatic heterocycles. The van der Waals surface area contributed by atoms with E-state index in [1.54, 1.807) is 6.20 Å². The Bertz CT molecular complexity index is 418. The first-order valence-electron chi connectivity index (χ1n) is 7.07. The molecule has 0 radical (unpaired) electrons. The average Bonchev–Trinajstić information content (AvgIpc) is 2.82. The highest BCUT2D eigenvalue weighted by Crippen LogP contribution is 2.24. The molecule has 0 spiro atoms. The molecule has 2 unspecified atom stereocenters. The Kier molecular flexibility index (Phi) is 4.71. The van der Waals surface area contributed by atoms with Gasteiger partial charge in [0.15, 0.2) is 0 Å². The third-order valence-electron chi connectivity index (χ3n) is 3.62. The minimum atomic E-state index is -0.117. The molecule has 2 N–H and O–H groups in total. The Morgan fingerprint density at radius 3 is 2.79 bits per heavy atom. The summed E-state index contributed by atoms with van der Waals surface area (Å²) < 4.78 is 0. The van der Waals surface area contributed by atoms with E-state index in [9.17, 15) is 4.79 Å². The van der Waals surface area contributed by atoms with E-state index in [0.717, 1.165) is 19.4 Å². The summed E-state index contributed by atoms with van der Waals surface area (Å²) in [7, 11) is 0. The lowest BCUT2D eigenvalue weighted by Crippen LogP contribution is -2.36. The summed E-state index contributed by atoms with van der Waals surface area (Å²) in [4.78, 5) is 20.4. The number of hydrogen-bond donors (Lipinski definition) is 2. The van der Waals surface area contributed by atoms with Crippen molar-refractivity contribution >= 4 is 11.7 Å². The van der Waals surface area contributed by atoms with Crippen molar-refractivity contribution in [1.29, 1.82) is 0 Å². The number of anilines is 1. The summed E-state index contributed by atoms with van der Waals surface area (Å²) in [5.74, 6) is 1.16. The Labute approximate surface area is 114 Å². The normalized spacial score (nSPS) is 22.2. The Morgan fingerprint density at radius 1 is 1.37 bits per heavy atom. The highest BCUT2D eigenvalue weighted by atomic mass is 16.1. The van der Waals surface area contributed by atoms with Gasteiger partial charge in [0.05, 0.1) is 12.4 Å². The average molecular weight is 262 g/mol. The summed E-state index contributed by atoms with van der Waals surface area (Å²) in [6, 6.07) is 0.284. The van der Waals surface area contributed by atoms with E-state index in [2.05, 4.69) is 34.4 Å². The van der Waals surface area contributed by atoms with Crippen LogP contribution in [0.15, 0.2) is 12.4 Å². The van der Waals surface area contributed by atoms with Crippen LogP contribution >= 0.6 is 0 Å². The lowest BCUT2D eigenvalue weighted by molar-refractivity contribution is 0.0924. The van der Waals surface area contributed by atoms with Gasteiger partial charge in [-0.25, -0.2) is 9.97 Å². The van der Waals surface area contributed by atoms with Crippen molar-refractivity contribution < 1.29 is 4.79 Å². The number of amides is 1. The van der Waals surface area contributed by atoms with Gasteiger partial charge in [-0.1, -0.05) is 20.3 Å². The van der Waals surface area contributed by atoms with Gasteiger partial charge in [-0.05, 0) is 25.2 Å². The number of nitrogens with zero attached hydrogens (tertiary/aromatic N) is 2. The molecule has 1 saturated carbocycles. The molecule has 104 valence electrons. The van der Waals surface area contributed by atoms with Crippen LogP contribution in [-0.4, -0.2) is 28.5 Å². The number of rotatable bonds is 5. The molecule has 1 heterocycles. The SMILES string of the molecule is CCCNc1cnc(C(=O)NC2CCCC2C)cn1. The predicted molar refractivity (Wildman–Crippen MR) is 75.1 cm³/mol. The third-order valence-corrected chi connectivity index (χ3v) is 3.62. The van der Waals surface area contributed by atoms with Crippen LogP contribution in [0.4, 0.5) is 5.82 Å². The van der Waals surface area contributed by atoms with Gasteiger partial charge in [0.1, 0.15) is 11.5 Å². The van der Waals surface area contributed by atoms with Crippen molar-refractivity contribution in [2.45, 2.75) is 45.6 Å². The molecule has 5 nitrogen and oxygen atoms in total. The maximum Gasteiger partial charge on any atom is 0.271 e. The summed E-state index contributed by atoms with van der Waals surface area (Å²) in [6.45, 7) is 5.13. The zero-order valence-corrected chi connectivity index (χ0v) is 11.6. The first-order valence-corrected chi connectivity index (χ1v) is 7.07. The predicted octanol–water partition coefficient (Wildman–Crippen LogP) is 2.22. The number of carbonyl (C=O) groups excluding carboxylic acids is 1. The summed E-state index contributed by atoms with van der Waals surface area (Å²) in [5.41, 5.74) is 0.390. The van der Waals surface area contributed by atoms with Crippen molar-refractivity contribution in [1.82, 2.24) is 15.3 Å². The summed E-state index contributed by atoms with van der Waals surface area (Å²) in [5, 5.41) is 6.18. The Hall–Kier alpha value is -1.65. The second kappa shape index (κ2) is 6.50. The fraction of sp³-hybridized carbons (Fsp3) is 0.643. The van der Waals surface area contributed by atoms with Crippen LogP contribution in [0.25, 0.3) is 0 Å². The van der Waals surface area contributed by atoms with E-state index in [0.29, 0.717) is 17.4 Å². The van der Waals surface area contributed by atoms with E-state index in [1.165, 1.54) is 19.0 Å². The molecule has 5 heteroatoms. The fourth-order valence-electron chi connectivity index (χ4n) is 2.39. The number of hydrogen-bond acceptors (Lipinski definition) is 4. The fourth-order valence-corrected chi connectivity index (χ4v) is 2.39. The van der Waals surface area contributed by atoms with Crippen LogP contribution in [0.3, 0.4) is 0 Å². The van der Waals surface area contributed by atoms with Crippen LogP contribution in [0.1, 0.15) is 50.0 Å². The van der Waals surface area contributed by atoms with Crippen LogP contribution in [0.2, 0.25) is 0 Å². The second-order valence-corrected chi connectivity index (χ2v) is 5.20. The zero-order chi connectivity index (χ0) is 13.7. The van der Waals surface area contributed by atoms with Crippen LogP contribution < -0.4 is 10.6 Å². The first kappa shape index (κ1) is 13.8. The highest BCUT2D eigenvalue weighted by molar-refractivity contribution is 5.92. The molecule has 2 atom stereocenters. The quantitative estimate of drug-likeness (QED) is 0.854. The monoisotopic (exact) mass is 262 g/mol. The highest BCUT2D eigenvalue weighted by Gasteiger charge is 2.25. The molecular weight excluding hydrogens is 240 g/mol. The number of carbonyl (C=O) groups is 1. The van der Waals surface area contributed by atoms with Gasteiger partial charge >= 0.3 is 0 Å². The largest absolute Gasteiger partial charge is 0.369 e. The van der Waals surface area contributed by atoms with E-state index >= 15 is 0 Å². The zero-order valence-electron chi connectivity index (χ0n) is 11.6. The van der Waals surface area contributed by atoms with Crippen molar-refractivity contribution in [3.8, 4) is 0 Å². The van der Waals surface area contributed by atoms with Crippen LogP contribution in [0, 0.1) is 5.92 Å². The molecule has 2 rings (SSSR count). The molecule has 1 aliphatic rings. The van der Waals surface area contributed by atoms with Gasteiger partial charge in [-0.15, -0.1) is 0 Å². The lowest BCUT2D eigenvalue weighted by atomic mass is 10.1. The summed E-state index contributed by atoms with van der Waals surface area (Å²) >= 11 is 0. The molecule has 0 bridgehead atoms. The van der Waals surface area contributed by atoms with Crippen molar-refractivity contribution in [2.24, 2.45) is 5.92 Å². The minimum absolute atomic E-state index is 0.117. The van der Waals surface area contributed by atoms with Crippen molar-refractivity contribution in [2.75, 3.05) is 11.9 Å². The van der Waals surface area contributed by atoms with Crippen LogP contribution in [0.5, 0.6) is 0 Å². The lowest BCUT2D eigenvalue weighted by Gasteiger charge is -2.16. The first-order chi connectivity index (χ1) is 9.20. The standard InChI is InChI=1S/C14H22N4O/c1-3-7-15-13-9-16-12(8-17-13)14(19)18-11-6-4-5-10(11)2/h8-11H,3-7H2,1-2H3,(H,15,17)(H,18,19). The molecule has 0 aromatic carbocycles. The molecule has 0 saturated heterocycles. The van der Waals surface area contributed by atoms with E-state index in [4.69, 9.17) is 0 Å². The molecular formula is C14H22N4O. The van der Waals surface area contributed by atoms with Crippen LogP contribution in [-0.2, 0) is 0 Å². The van der Waals surface area contributed by atoms with Crippen molar-refractivity contribution in [3.63, 3.8) is 0 Å². The van der Waals surface area contributed by atoms with Crippen molar-refractivity contribution in [3.05, 3.63) is 18.1 Å². The summed E-state index contributed by atoms with van der Waals surface area (Å²) in [6.07, 6.45) is 7.63. The minimum Gasteiger partial charge on any atom is -0.369 e. The molecule has 1 aliphatic carbocycles. The van der Waals surface area contributed by atoms with Gasteiger partial charge in [0.25, 0.3) is 5.91 Å². The molecule has 1 amide bonds. The molecule has 1 fully saturated rings. The molecule has 1 aromatic rings. The van der Waals surface area contributed by atoms with Gasteiger partial charge < -0.3 is 10.6 Å². The number of nitrogens with one attached hydrogen (secondary N) is 2. The maximum atomic E-state index is 12.0. The van der Waals surface area contributed by atoms with E-state index in [1.807, 2.05) is 0 Å². The maximum absolute atomic E-state index is 12.0. The Morgan fingerprint density at radius 2 is 2.21 bits per heavy atom. The third kappa shape index (κ3) is 3.66. The molecule has 0 aliphatic heterocycles. The van der Waals surface area contributed by atoms with E-state index < -0.39 is 0 Å². The second-order valence-electron chi connectivity index (χ2n) is 5.20. The Balaban J connectivity index is 1.91. The topological polar surface area (TPSA) is 66.9 Å². The number of aromatic nitrogens is 2. The molecule has 19 heavy (non-hydrogen) atoms. The van der Waals surface area contributed by atoms with Gasteiger partial charge in [-0.2, -0.15) is 0 Å². The van der Waals surface area contributed by atoms with Gasteiger partial charge in [0, 0.05) is 12.6 Å². The smallest absolute Gasteiger partial charge is 0.271 e. The van der Waals surface area contributed by atoms with Gasteiger partial charge in [0.2, 0.25) is 0 Å². The van der Waals surface area contributed by atoms with Gasteiger partial charge in [-0.3, -0.25) is 4.79 Å².